The molecule has 1 heterocycles. The average Bonchev–Trinajstić information content (AvgIpc) is 2.49. The molecule has 0 radical (unpaired) electrons. The van der Waals surface area contributed by atoms with E-state index in [1.54, 1.807) is 6.07 Å². The number of aromatic nitrogens is 1. The first-order valence-electron chi connectivity index (χ1n) is 5.61. The molecule has 0 saturated carbocycles. The van der Waals surface area contributed by atoms with Gasteiger partial charge in [-0.3, -0.25) is 15.5 Å². The SMILES string of the molecule is N#Cc1ccc(NS(=O)(=O)c2cnccc2NN)c(F)c1. The van der Waals surface area contributed by atoms with Crippen LogP contribution < -0.4 is 16.0 Å². The monoisotopic (exact) mass is 307 g/mol. The summed E-state index contributed by atoms with van der Waals surface area (Å²) in [6, 6.07) is 6.51. The van der Waals surface area contributed by atoms with Crippen molar-refractivity contribution in [3.63, 3.8) is 0 Å². The number of nitrogens with two attached hydrogens (primary N) is 1. The Morgan fingerprint density at radius 1 is 1.29 bits per heavy atom. The fraction of sp³-hybridized carbons (Fsp3) is 0. The van der Waals surface area contributed by atoms with Crippen molar-refractivity contribution in [3.05, 3.63) is 48.0 Å². The van der Waals surface area contributed by atoms with E-state index in [-0.39, 0.29) is 21.8 Å². The lowest BCUT2D eigenvalue weighted by atomic mass is 10.2. The first-order chi connectivity index (χ1) is 9.97. The van der Waals surface area contributed by atoms with E-state index in [0.717, 1.165) is 18.3 Å². The number of nitriles is 1. The molecule has 21 heavy (non-hydrogen) atoms. The molecule has 108 valence electrons. The maximum atomic E-state index is 13.7. The molecular weight excluding hydrogens is 297 g/mol. The zero-order chi connectivity index (χ0) is 15.5. The number of nitrogens with one attached hydrogen (secondary N) is 2. The van der Waals surface area contributed by atoms with Crippen LogP contribution in [-0.2, 0) is 10.0 Å². The molecule has 9 heteroatoms. The van der Waals surface area contributed by atoms with Crippen molar-refractivity contribution < 1.29 is 12.8 Å². The summed E-state index contributed by atoms with van der Waals surface area (Å²) in [5.74, 6) is 4.37. The second-order valence-electron chi connectivity index (χ2n) is 3.93. The van der Waals surface area contributed by atoms with Crippen molar-refractivity contribution in [2.75, 3.05) is 10.1 Å². The molecule has 0 aliphatic heterocycles. The minimum atomic E-state index is -4.08. The van der Waals surface area contributed by atoms with E-state index in [1.807, 2.05) is 0 Å². The van der Waals surface area contributed by atoms with Gasteiger partial charge in [0, 0.05) is 12.4 Å². The highest BCUT2D eigenvalue weighted by Gasteiger charge is 2.20. The van der Waals surface area contributed by atoms with Gasteiger partial charge in [0.25, 0.3) is 10.0 Å². The normalized spacial score (nSPS) is 10.7. The minimum Gasteiger partial charge on any atom is -0.323 e. The second kappa shape index (κ2) is 5.74. The number of nitrogen functional groups attached to an aromatic ring is 1. The first-order valence-corrected chi connectivity index (χ1v) is 7.09. The number of pyridine rings is 1. The molecule has 0 atom stereocenters. The van der Waals surface area contributed by atoms with Crippen molar-refractivity contribution in [1.29, 1.82) is 5.26 Å². The van der Waals surface area contributed by atoms with Crippen LogP contribution in [0.4, 0.5) is 15.8 Å². The number of hydrogen-bond acceptors (Lipinski definition) is 6. The third kappa shape index (κ3) is 3.07. The van der Waals surface area contributed by atoms with Crippen molar-refractivity contribution in [3.8, 4) is 6.07 Å². The smallest absolute Gasteiger partial charge is 0.265 e. The number of nitrogens with zero attached hydrogens (tertiary/aromatic N) is 2. The third-order valence-corrected chi connectivity index (χ3v) is 3.97. The Hall–Kier alpha value is -2.70. The summed E-state index contributed by atoms with van der Waals surface area (Å²) in [7, 11) is -4.08. The summed E-state index contributed by atoms with van der Waals surface area (Å²) >= 11 is 0. The Morgan fingerprint density at radius 3 is 2.67 bits per heavy atom. The second-order valence-corrected chi connectivity index (χ2v) is 5.58. The standard InChI is InChI=1S/C12H10FN5O2S/c13-9-5-8(6-14)1-2-10(9)18-21(19,20)12-7-16-4-3-11(12)17-15/h1-5,7,18H,15H2,(H,16,17). The van der Waals surface area contributed by atoms with Gasteiger partial charge < -0.3 is 5.43 Å². The molecule has 2 rings (SSSR count). The summed E-state index contributed by atoms with van der Waals surface area (Å²) in [6.07, 6.45) is 2.44. The van der Waals surface area contributed by atoms with E-state index < -0.39 is 15.8 Å². The topological polar surface area (TPSA) is 121 Å². The molecule has 2 aromatic rings. The van der Waals surface area contributed by atoms with Crippen LogP contribution in [0.3, 0.4) is 0 Å². The molecule has 7 nitrogen and oxygen atoms in total. The van der Waals surface area contributed by atoms with Gasteiger partial charge >= 0.3 is 0 Å². The van der Waals surface area contributed by atoms with E-state index >= 15 is 0 Å². The number of rotatable bonds is 4. The Kier molecular flexibility index (Phi) is 4.02. The fourth-order valence-corrected chi connectivity index (χ4v) is 2.76. The predicted molar refractivity (Wildman–Crippen MR) is 74.0 cm³/mol. The third-order valence-electron chi connectivity index (χ3n) is 2.57. The molecule has 0 aliphatic carbocycles. The molecule has 4 N–H and O–H groups in total. The highest BCUT2D eigenvalue weighted by molar-refractivity contribution is 7.92. The summed E-state index contributed by atoms with van der Waals surface area (Å²) in [5, 5.41) is 8.65. The number of hydrogen-bond donors (Lipinski definition) is 3. The van der Waals surface area contributed by atoms with Crippen LogP contribution in [0.15, 0.2) is 41.6 Å². The molecule has 0 spiro atoms. The minimum absolute atomic E-state index is 0.0844. The van der Waals surface area contributed by atoms with E-state index in [4.69, 9.17) is 11.1 Å². The quantitative estimate of drug-likeness (QED) is 0.576. The largest absolute Gasteiger partial charge is 0.323 e. The zero-order valence-electron chi connectivity index (χ0n) is 10.5. The van der Waals surface area contributed by atoms with Crippen LogP contribution in [-0.4, -0.2) is 13.4 Å². The molecule has 0 amide bonds. The van der Waals surface area contributed by atoms with Gasteiger partial charge in [0.15, 0.2) is 0 Å². The van der Waals surface area contributed by atoms with Crippen molar-refractivity contribution in [2.24, 2.45) is 5.84 Å². The maximum Gasteiger partial charge on any atom is 0.265 e. The molecular formula is C12H10FN5O2S. The van der Waals surface area contributed by atoms with Crippen LogP contribution in [0.5, 0.6) is 0 Å². The van der Waals surface area contributed by atoms with E-state index in [1.165, 1.54) is 18.3 Å². The van der Waals surface area contributed by atoms with Gasteiger partial charge in [0.05, 0.1) is 23.0 Å². The van der Waals surface area contributed by atoms with Gasteiger partial charge in [-0.2, -0.15) is 5.26 Å². The fourth-order valence-electron chi connectivity index (χ4n) is 1.58. The molecule has 0 saturated heterocycles. The Morgan fingerprint density at radius 2 is 2.05 bits per heavy atom. The van der Waals surface area contributed by atoms with Crippen molar-refractivity contribution in [2.45, 2.75) is 4.90 Å². The molecule has 0 bridgehead atoms. The van der Waals surface area contributed by atoms with Gasteiger partial charge in [-0.15, -0.1) is 0 Å². The Balaban J connectivity index is 2.41. The van der Waals surface area contributed by atoms with Gasteiger partial charge in [0.2, 0.25) is 0 Å². The van der Waals surface area contributed by atoms with Gasteiger partial charge in [-0.1, -0.05) is 0 Å². The van der Waals surface area contributed by atoms with Gasteiger partial charge in [0.1, 0.15) is 10.7 Å². The number of anilines is 2. The highest BCUT2D eigenvalue weighted by Crippen LogP contribution is 2.23. The highest BCUT2D eigenvalue weighted by atomic mass is 32.2. The first kappa shape index (κ1) is 14.7. The summed E-state index contributed by atoms with van der Waals surface area (Å²) in [6.45, 7) is 0. The molecule has 0 aliphatic rings. The predicted octanol–water partition coefficient (Wildman–Crippen LogP) is 1.18. The lowest BCUT2D eigenvalue weighted by Gasteiger charge is -2.11. The summed E-state index contributed by atoms with van der Waals surface area (Å²) in [4.78, 5) is 3.47. The Bertz CT molecular complexity index is 817. The zero-order valence-corrected chi connectivity index (χ0v) is 11.4. The van der Waals surface area contributed by atoms with Crippen molar-refractivity contribution in [1.82, 2.24) is 4.98 Å². The summed E-state index contributed by atoms with van der Waals surface area (Å²) in [5.41, 5.74) is 2.15. The summed E-state index contributed by atoms with van der Waals surface area (Å²) < 4.78 is 40.2. The number of halogens is 1. The van der Waals surface area contributed by atoms with Crippen LogP contribution in [0.2, 0.25) is 0 Å². The van der Waals surface area contributed by atoms with Crippen LogP contribution in [0, 0.1) is 17.1 Å². The number of hydrazine groups is 1. The molecule has 1 aromatic heterocycles. The Labute approximate surface area is 120 Å². The molecule has 0 unspecified atom stereocenters. The van der Waals surface area contributed by atoms with Crippen LogP contribution >= 0.6 is 0 Å². The van der Waals surface area contributed by atoms with Gasteiger partial charge in [-0.25, -0.2) is 12.8 Å². The number of benzene rings is 1. The average molecular weight is 307 g/mol. The van der Waals surface area contributed by atoms with Gasteiger partial charge in [-0.05, 0) is 24.3 Å². The molecule has 1 aromatic carbocycles. The van der Waals surface area contributed by atoms with E-state index in [9.17, 15) is 12.8 Å². The van der Waals surface area contributed by atoms with Crippen molar-refractivity contribution >= 4 is 21.4 Å². The van der Waals surface area contributed by atoms with Crippen LogP contribution in [0.1, 0.15) is 5.56 Å². The van der Waals surface area contributed by atoms with E-state index in [0.29, 0.717) is 0 Å². The van der Waals surface area contributed by atoms with Crippen LogP contribution in [0.25, 0.3) is 0 Å². The lowest BCUT2D eigenvalue weighted by Crippen LogP contribution is -2.18. The van der Waals surface area contributed by atoms with E-state index in [2.05, 4.69) is 15.1 Å². The molecule has 0 fully saturated rings. The number of sulfonamides is 1. The lowest BCUT2D eigenvalue weighted by molar-refractivity contribution is 0.598. The maximum absolute atomic E-state index is 13.7.